The van der Waals surface area contributed by atoms with Gasteiger partial charge in [0.05, 0.1) is 0 Å². The van der Waals surface area contributed by atoms with Gasteiger partial charge >= 0.3 is 0 Å². The summed E-state index contributed by atoms with van der Waals surface area (Å²) >= 11 is 11.5. The monoisotopic (exact) mass is 359 g/mol. The van der Waals surface area contributed by atoms with Gasteiger partial charge in [-0.05, 0) is 62.5 Å². The van der Waals surface area contributed by atoms with Crippen molar-refractivity contribution in [3.8, 4) is 0 Å². The van der Waals surface area contributed by atoms with Gasteiger partial charge in [-0.15, -0.1) is 0 Å². The predicted molar refractivity (Wildman–Crippen MR) is 107 cm³/mol. The number of anilines is 2. The molecule has 1 heterocycles. The third-order valence-corrected chi connectivity index (χ3v) is 4.99. The zero-order chi connectivity index (χ0) is 17.1. The van der Waals surface area contributed by atoms with Gasteiger partial charge in [0, 0.05) is 42.1 Å². The van der Waals surface area contributed by atoms with E-state index < -0.39 is 0 Å². The Morgan fingerprint density at radius 3 is 2.38 bits per heavy atom. The van der Waals surface area contributed by atoms with E-state index in [1.807, 2.05) is 24.3 Å². The van der Waals surface area contributed by atoms with Gasteiger partial charge in [0.15, 0.2) is 5.11 Å². The van der Waals surface area contributed by atoms with Gasteiger partial charge in [-0.1, -0.05) is 29.3 Å². The highest BCUT2D eigenvalue weighted by Gasteiger charge is 2.25. The molecule has 2 aromatic rings. The molecule has 0 aromatic heterocycles. The first-order chi connectivity index (χ1) is 11.5. The minimum atomic E-state index is 0.409. The number of hydrogen-bond acceptors (Lipinski definition) is 2. The molecule has 1 aliphatic rings. The quantitative estimate of drug-likeness (QED) is 0.792. The summed E-state index contributed by atoms with van der Waals surface area (Å²) in [6.07, 6.45) is 0. The predicted octanol–water partition coefficient (Wildman–Crippen LogP) is 4.56. The second-order valence-corrected chi connectivity index (χ2v) is 7.08. The summed E-state index contributed by atoms with van der Waals surface area (Å²) in [7, 11) is 0. The SMILES string of the molecule is Cc1ccc(N2CCN(C(=S)Nc3ccc(Cl)cc3)CC2C)cc1. The Bertz CT molecular complexity index is 700. The highest BCUT2D eigenvalue weighted by Crippen LogP contribution is 2.22. The van der Waals surface area contributed by atoms with Crippen molar-refractivity contribution in [2.75, 3.05) is 29.9 Å². The van der Waals surface area contributed by atoms with Crippen molar-refractivity contribution in [2.45, 2.75) is 19.9 Å². The van der Waals surface area contributed by atoms with Crippen LogP contribution in [0.2, 0.25) is 5.02 Å². The molecule has 3 rings (SSSR count). The summed E-state index contributed by atoms with van der Waals surface area (Å²) in [6.45, 7) is 7.15. The lowest BCUT2D eigenvalue weighted by Crippen LogP contribution is -2.54. The van der Waals surface area contributed by atoms with Crippen molar-refractivity contribution < 1.29 is 0 Å². The van der Waals surface area contributed by atoms with E-state index in [0.29, 0.717) is 6.04 Å². The Balaban J connectivity index is 1.61. The molecular weight excluding hydrogens is 338 g/mol. The number of benzene rings is 2. The molecule has 0 saturated carbocycles. The number of nitrogens with zero attached hydrogens (tertiary/aromatic N) is 2. The molecule has 0 bridgehead atoms. The van der Waals surface area contributed by atoms with E-state index in [-0.39, 0.29) is 0 Å². The Morgan fingerprint density at radius 2 is 1.75 bits per heavy atom. The fourth-order valence-electron chi connectivity index (χ4n) is 3.00. The van der Waals surface area contributed by atoms with Crippen LogP contribution >= 0.6 is 23.8 Å². The van der Waals surface area contributed by atoms with Crippen molar-refractivity contribution in [1.82, 2.24) is 4.90 Å². The van der Waals surface area contributed by atoms with Crippen LogP contribution in [0.1, 0.15) is 12.5 Å². The molecule has 0 aliphatic carbocycles. The van der Waals surface area contributed by atoms with Crippen LogP contribution in [0.5, 0.6) is 0 Å². The van der Waals surface area contributed by atoms with Gasteiger partial charge in [-0.2, -0.15) is 0 Å². The van der Waals surface area contributed by atoms with Crippen LogP contribution in [0.15, 0.2) is 48.5 Å². The normalized spacial score (nSPS) is 17.7. The van der Waals surface area contributed by atoms with Gasteiger partial charge < -0.3 is 15.1 Å². The summed E-state index contributed by atoms with van der Waals surface area (Å²) < 4.78 is 0. The van der Waals surface area contributed by atoms with Crippen LogP contribution in [-0.2, 0) is 0 Å². The third kappa shape index (κ3) is 4.00. The van der Waals surface area contributed by atoms with E-state index in [0.717, 1.165) is 35.5 Å². The number of piperazine rings is 1. The second-order valence-electron chi connectivity index (χ2n) is 6.26. The number of nitrogens with one attached hydrogen (secondary N) is 1. The lowest BCUT2D eigenvalue weighted by molar-refractivity contribution is 0.342. The van der Waals surface area contributed by atoms with Crippen molar-refractivity contribution in [3.63, 3.8) is 0 Å². The van der Waals surface area contributed by atoms with Crippen molar-refractivity contribution in [3.05, 3.63) is 59.1 Å². The molecule has 126 valence electrons. The highest BCUT2D eigenvalue weighted by atomic mass is 35.5. The van der Waals surface area contributed by atoms with Gasteiger partial charge in [0.2, 0.25) is 0 Å². The minimum absolute atomic E-state index is 0.409. The van der Waals surface area contributed by atoms with Gasteiger partial charge in [-0.25, -0.2) is 0 Å². The highest BCUT2D eigenvalue weighted by molar-refractivity contribution is 7.80. The van der Waals surface area contributed by atoms with Crippen LogP contribution in [0.4, 0.5) is 11.4 Å². The molecule has 0 radical (unpaired) electrons. The first-order valence-corrected chi connectivity index (χ1v) is 8.96. The van der Waals surface area contributed by atoms with E-state index in [4.69, 9.17) is 23.8 Å². The fraction of sp³-hybridized carbons (Fsp3) is 0.316. The fourth-order valence-corrected chi connectivity index (χ4v) is 3.41. The Kier molecular flexibility index (Phi) is 5.27. The van der Waals surface area contributed by atoms with E-state index in [1.165, 1.54) is 11.3 Å². The molecule has 1 saturated heterocycles. The summed E-state index contributed by atoms with van der Waals surface area (Å²) in [6, 6.07) is 16.8. The molecule has 2 aromatic carbocycles. The lowest BCUT2D eigenvalue weighted by Gasteiger charge is -2.42. The largest absolute Gasteiger partial charge is 0.365 e. The Morgan fingerprint density at radius 1 is 1.08 bits per heavy atom. The number of hydrogen-bond donors (Lipinski definition) is 1. The summed E-state index contributed by atoms with van der Waals surface area (Å²) in [5.74, 6) is 0. The number of aryl methyl sites for hydroxylation is 1. The van der Waals surface area contributed by atoms with Crippen molar-refractivity contribution >= 4 is 40.3 Å². The molecule has 1 unspecified atom stereocenters. The van der Waals surface area contributed by atoms with E-state index in [1.54, 1.807) is 0 Å². The van der Waals surface area contributed by atoms with Crippen molar-refractivity contribution in [1.29, 1.82) is 0 Å². The van der Waals surface area contributed by atoms with E-state index in [2.05, 4.69) is 53.2 Å². The first kappa shape index (κ1) is 17.1. The van der Waals surface area contributed by atoms with E-state index in [9.17, 15) is 0 Å². The van der Waals surface area contributed by atoms with Gasteiger partial charge in [-0.3, -0.25) is 0 Å². The zero-order valence-corrected chi connectivity index (χ0v) is 15.6. The lowest BCUT2D eigenvalue weighted by atomic mass is 10.1. The topological polar surface area (TPSA) is 18.5 Å². The summed E-state index contributed by atoms with van der Waals surface area (Å²) in [4.78, 5) is 4.68. The van der Waals surface area contributed by atoms with Crippen LogP contribution < -0.4 is 10.2 Å². The van der Waals surface area contributed by atoms with Crippen LogP contribution in [0.3, 0.4) is 0 Å². The molecule has 3 nitrogen and oxygen atoms in total. The maximum atomic E-state index is 5.92. The van der Waals surface area contributed by atoms with Crippen molar-refractivity contribution in [2.24, 2.45) is 0 Å². The third-order valence-electron chi connectivity index (χ3n) is 4.38. The van der Waals surface area contributed by atoms with Crippen LogP contribution in [-0.4, -0.2) is 35.7 Å². The standard InChI is InChI=1S/C19H22ClN3S/c1-14-3-9-18(10-4-14)23-12-11-22(13-15(23)2)19(24)21-17-7-5-16(20)6-8-17/h3-10,15H,11-13H2,1-2H3,(H,21,24). The number of rotatable bonds is 2. The molecule has 1 aliphatic heterocycles. The summed E-state index contributed by atoms with van der Waals surface area (Å²) in [5, 5.41) is 4.80. The molecule has 5 heteroatoms. The molecule has 24 heavy (non-hydrogen) atoms. The minimum Gasteiger partial charge on any atom is -0.365 e. The Hall–Kier alpha value is -1.78. The molecule has 0 amide bonds. The number of thiocarbonyl (C=S) groups is 1. The van der Waals surface area contributed by atoms with Crippen LogP contribution in [0, 0.1) is 6.92 Å². The average molecular weight is 360 g/mol. The van der Waals surface area contributed by atoms with Gasteiger partial charge in [0.1, 0.15) is 0 Å². The second kappa shape index (κ2) is 7.41. The smallest absolute Gasteiger partial charge is 0.173 e. The Labute approximate surface area is 154 Å². The maximum Gasteiger partial charge on any atom is 0.173 e. The molecule has 1 N–H and O–H groups in total. The number of halogens is 1. The van der Waals surface area contributed by atoms with Gasteiger partial charge in [0.25, 0.3) is 0 Å². The molecule has 1 atom stereocenters. The molecular formula is C19H22ClN3S. The van der Waals surface area contributed by atoms with Crippen LogP contribution in [0.25, 0.3) is 0 Å². The summed E-state index contributed by atoms with van der Waals surface area (Å²) in [5.41, 5.74) is 3.54. The first-order valence-electron chi connectivity index (χ1n) is 8.18. The molecule has 0 spiro atoms. The zero-order valence-electron chi connectivity index (χ0n) is 14.0. The van der Waals surface area contributed by atoms with E-state index >= 15 is 0 Å². The molecule has 1 fully saturated rings. The maximum absolute atomic E-state index is 5.92. The average Bonchev–Trinajstić information content (AvgIpc) is 2.58.